The first-order valence-electron chi connectivity index (χ1n) is 20.3. The van der Waals surface area contributed by atoms with Gasteiger partial charge in [0.25, 0.3) is 0 Å². The predicted octanol–water partition coefficient (Wildman–Crippen LogP) is 16.3. The molecular weight excluding hydrogens is 711 g/mol. The molecule has 0 aliphatic heterocycles. The van der Waals surface area contributed by atoms with Gasteiger partial charge in [0, 0.05) is 17.1 Å². The Kier molecular flexibility index (Phi) is 9.68. The molecule has 0 radical (unpaired) electrons. The van der Waals surface area contributed by atoms with Crippen molar-refractivity contribution in [2.24, 2.45) is 0 Å². The highest BCUT2D eigenvalue weighted by atomic mass is 15.1. The first-order valence-corrected chi connectivity index (χ1v) is 20.3. The summed E-state index contributed by atoms with van der Waals surface area (Å²) in [6.45, 7) is 0. The summed E-state index contributed by atoms with van der Waals surface area (Å²) in [6, 6.07) is 89.7. The number of fused-ring (bicyclic) bond motifs is 1. The molecule has 1 heteroatoms. The average Bonchev–Trinajstić information content (AvgIpc) is 3.33. The summed E-state index contributed by atoms with van der Waals surface area (Å²) in [7, 11) is 0. The molecular formula is C58H41N. The SMILES string of the molecule is c1ccc(-c2ccc(N(c3ccc(-c4ccccc4-c4cccc(-c5ccccc5)c4)cc3)c3cccc(-c4cccc5cccc(-c6ccccc6)c45)c3)cc2)cc1. The van der Waals surface area contributed by atoms with Gasteiger partial charge in [0.1, 0.15) is 0 Å². The van der Waals surface area contributed by atoms with E-state index in [4.69, 9.17) is 0 Å². The zero-order valence-corrected chi connectivity index (χ0v) is 32.6. The molecule has 0 atom stereocenters. The second-order valence-corrected chi connectivity index (χ2v) is 14.9. The van der Waals surface area contributed by atoms with Gasteiger partial charge in [-0.15, -0.1) is 0 Å². The van der Waals surface area contributed by atoms with Crippen molar-refractivity contribution in [3.8, 4) is 66.8 Å². The number of nitrogens with zero attached hydrogens (tertiary/aromatic N) is 1. The van der Waals surface area contributed by atoms with E-state index in [9.17, 15) is 0 Å². The van der Waals surface area contributed by atoms with Crippen LogP contribution in [-0.2, 0) is 0 Å². The Morgan fingerprint density at radius 2 is 0.576 bits per heavy atom. The summed E-state index contributed by atoms with van der Waals surface area (Å²) in [6.07, 6.45) is 0. The van der Waals surface area contributed by atoms with E-state index in [1.54, 1.807) is 0 Å². The van der Waals surface area contributed by atoms with Crippen molar-refractivity contribution >= 4 is 27.8 Å². The van der Waals surface area contributed by atoms with Crippen LogP contribution in [0.15, 0.2) is 249 Å². The summed E-state index contributed by atoms with van der Waals surface area (Å²) >= 11 is 0. The lowest BCUT2D eigenvalue weighted by molar-refractivity contribution is 1.28. The van der Waals surface area contributed by atoms with E-state index in [1.807, 2.05) is 0 Å². The fraction of sp³-hybridized carbons (Fsp3) is 0. The second kappa shape index (κ2) is 16.0. The number of anilines is 3. The van der Waals surface area contributed by atoms with Gasteiger partial charge in [-0.2, -0.15) is 0 Å². The van der Waals surface area contributed by atoms with Gasteiger partial charge >= 0.3 is 0 Å². The van der Waals surface area contributed by atoms with Gasteiger partial charge < -0.3 is 4.90 Å². The van der Waals surface area contributed by atoms with Crippen molar-refractivity contribution in [2.45, 2.75) is 0 Å². The molecule has 10 rings (SSSR count). The van der Waals surface area contributed by atoms with Gasteiger partial charge in [-0.1, -0.05) is 206 Å². The Balaban J connectivity index is 1.07. The summed E-state index contributed by atoms with van der Waals surface area (Å²) in [5, 5.41) is 2.49. The van der Waals surface area contributed by atoms with Crippen LogP contribution < -0.4 is 4.90 Å². The van der Waals surface area contributed by atoms with Crippen LogP contribution in [0.25, 0.3) is 77.5 Å². The fourth-order valence-electron chi connectivity index (χ4n) is 8.41. The van der Waals surface area contributed by atoms with Crippen molar-refractivity contribution < 1.29 is 0 Å². The van der Waals surface area contributed by atoms with E-state index in [1.165, 1.54) is 77.5 Å². The number of hydrogen-bond donors (Lipinski definition) is 0. The maximum absolute atomic E-state index is 2.38. The second-order valence-electron chi connectivity index (χ2n) is 14.9. The molecule has 10 aromatic rings. The number of benzene rings is 10. The Labute approximate surface area is 346 Å². The molecule has 0 spiro atoms. The molecule has 1 nitrogen and oxygen atoms in total. The minimum absolute atomic E-state index is 1.09. The third kappa shape index (κ3) is 7.23. The van der Waals surface area contributed by atoms with Gasteiger partial charge in [-0.25, -0.2) is 0 Å². The smallest absolute Gasteiger partial charge is 0.0467 e. The van der Waals surface area contributed by atoms with Crippen LogP contribution in [0.4, 0.5) is 17.1 Å². The Morgan fingerprint density at radius 3 is 1.19 bits per heavy atom. The highest BCUT2D eigenvalue weighted by molar-refractivity contribution is 6.06. The molecule has 0 amide bonds. The van der Waals surface area contributed by atoms with Crippen LogP contribution in [0.2, 0.25) is 0 Å². The van der Waals surface area contributed by atoms with Crippen LogP contribution in [0.5, 0.6) is 0 Å². The van der Waals surface area contributed by atoms with Crippen LogP contribution in [0, 0.1) is 0 Å². The Bertz CT molecular complexity index is 3000. The quantitative estimate of drug-likeness (QED) is 0.142. The highest BCUT2D eigenvalue weighted by Crippen LogP contribution is 2.42. The zero-order chi connectivity index (χ0) is 39.4. The molecule has 0 saturated carbocycles. The minimum atomic E-state index is 1.09. The molecule has 10 aromatic carbocycles. The maximum atomic E-state index is 2.38. The standard InChI is InChI=1S/C58H41N/c1-4-16-42(17-5-1)44-32-36-51(37-33-44)59(53-27-13-26-50(41-53)57-31-15-23-47-22-14-30-56(58(47)57)45-20-8-3-9-21-45)52-38-34-46(35-39-52)54-28-10-11-29-55(54)49-25-12-24-48(40-49)43-18-6-2-7-19-43/h1-41H. The predicted molar refractivity (Wildman–Crippen MR) is 251 cm³/mol. The molecule has 0 aliphatic rings. The molecule has 0 fully saturated rings. The minimum Gasteiger partial charge on any atom is -0.310 e. The van der Waals surface area contributed by atoms with Crippen molar-refractivity contribution in [3.05, 3.63) is 249 Å². The van der Waals surface area contributed by atoms with E-state index in [-0.39, 0.29) is 0 Å². The van der Waals surface area contributed by atoms with Crippen LogP contribution in [0.1, 0.15) is 0 Å². The molecule has 278 valence electrons. The molecule has 0 heterocycles. The van der Waals surface area contributed by atoms with Crippen molar-refractivity contribution in [1.82, 2.24) is 0 Å². The van der Waals surface area contributed by atoms with Gasteiger partial charge in [0.05, 0.1) is 0 Å². The number of hydrogen-bond acceptors (Lipinski definition) is 1. The van der Waals surface area contributed by atoms with Crippen molar-refractivity contribution in [1.29, 1.82) is 0 Å². The third-order valence-electron chi connectivity index (χ3n) is 11.3. The average molecular weight is 752 g/mol. The molecule has 0 aromatic heterocycles. The van der Waals surface area contributed by atoms with Crippen molar-refractivity contribution in [3.63, 3.8) is 0 Å². The molecule has 59 heavy (non-hydrogen) atoms. The Morgan fingerprint density at radius 1 is 0.203 bits per heavy atom. The lowest BCUT2D eigenvalue weighted by Gasteiger charge is -2.27. The van der Waals surface area contributed by atoms with Gasteiger partial charge in [0.2, 0.25) is 0 Å². The van der Waals surface area contributed by atoms with E-state index in [0.29, 0.717) is 0 Å². The number of rotatable bonds is 9. The summed E-state index contributed by atoms with van der Waals surface area (Å²) < 4.78 is 0. The topological polar surface area (TPSA) is 3.24 Å². The third-order valence-corrected chi connectivity index (χ3v) is 11.3. The lowest BCUT2D eigenvalue weighted by Crippen LogP contribution is -2.10. The monoisotopic (exact) mass is 751 g/mol. The summed E-state index contributed by atoms with van der Waals surface area (Å²) in [5.74, 6) is 0. The summed E-state index contributed by atoms with van der Waals surface area (Å²) in [4.78, 5) is 2.38. The van der Waals surface area contributed by atoms with Gasteiger partial charge in [-0.3, -0.25) is 0 Å². The van der Waals surface area contributed by atoms with E-state index in [0.717, 1.165) is 17.1 Å². The van der Waals surface area contributed by atoms with Crippen LogP contribution in [-0.4, -0.2) is 0 Å². The highest BCUT2D eigenvalue weighted by Gasteiger charge is 2.17. The maximum Gasteiger partial charge on any atom is 0.0467 e. The van der Waals surface area contributed by atoms with E-state index < -0.39 is 0 Å². The largest absolute Gasteiger partial charge is 0.310 e. The zero-order valence-electron chi connectivity index (χ0n) is 32.6. The van der Waals surface area contributed by atoms with Gasteiger partial charge in [0.15, 0.2) is 0 Å². The van der Waals surface area contributed by atoms with Gasteiger partial charge in [-0.05, 0) is 120 Å². The molecule has 0 saturated heterocycles. The molecule has 0 unspecified atom stereocenters. The first-order chi connectivity index (χ1) is 29.3. The van der Waals surface area contributed by atoms with E-state index in [2.05, 4.69) is 254 Å². The Hall–Kier alpha value is -7.74. The van der Waals surface area contributed by atoms with Crippen LogP contribution >= 0.6 is 0 Å². The summed E-state index contributed by atoms with van der Waals surface area (Å²) in [5.41, 5.74) is 17.7. The fourth-order valence-corrected chi connectivity index (χ4v) is 8.41. The van der Waals surface area contributed by atoms with E-state index >= 15 is 0 Å². The van der Waals surface area contributed by atoms with Crippen molar-refractivity contribution in [2.75, 3.05) is 4.90 Å². The first kappa shape index (κ1) is 35.7. The normalized spacial score (nSPS) is 11.1. The molecule has 0 N–H and O–H groups in total. The lowest BCUT2D eigenvalue weighted by atomic mass is 9.91. The molecule has 0 aliphatic carbocycles. The molecule has 0 bridgehead atoms. The van der Waals surface area contributed by atoms with Crippen LogP contribution in [0.3, 0.4) is 0 Å².